The first-order valence-electron chi connectivity index (χ1n) is 9.23. The van der Waals surface area contributed by atoms with Gasteiger partial charge in [0.15, 0.2) is 5.96 Å². The average Bonchev–Trinajstić information content (AvgIpc) is 3.10. The summed E-state index contributed by atoms with van der Waals surface area (Å²) in [6.45, 7) is 4.88. The molecule has 0 saturated heterocycles. The van der Waals surface area contributed by atoms with Crippen molar-refractivity contribution in [3.8, 4) is 0 Å². The zero-order valence-corrected chi connectivity index (χ0v) is 18.1. The van der Waals surface area contributed by atoms with E-state index in [2.05, 4.69) is 51.9 Å². The van der Waals surface area contributed by atoms with Crippen molar-refractivity contribution in [3.63, 3.8) is 0 Å². The number of rotatable bonds is 7. The van der Waals surface area contributed by atoms with E-state index in [9.17, 15) is 0 Å². The molecular formula is C20H30IN5. The van der Waals surface area contributed by atoms with Gasteiger partial charge in [-0.25, -0.2) is 0 Å². The van der Waals surface area contributed by atoms with Crippen LogP contribution in [0.5, 0.6) is 0 Å². The molecule has 26 heavy (non-hydrogen) atoms. The summed E-state index contributed by atoms with van der Waals surface area (Å²) >= 11 is 0. The highest BCUT2D eigenvalue weighted by atomic mass is 127. The van der Waals surface area contributed by atoms with Gasteiger partial charge in [0.25, 0.3) is 0 Å². The summed E-state index contributed by atoms with van der Waals surface area (Å²) in [6.07, 6.45) is 9.08. The topological polar surface area (TPSA) is 54.2 Å². The Labute approximate surface area is 173 Å². The molecule has 3 rings (SSSR count). The number of aromatic nitrogens is 2. The zero-order chi connectivity index (χ0) is 17.5. The highest BCUT2D eigenvalue weighted by Crippen LogP contribution is 2.42. The lowest BCUT2D eigenvalue weighted by atomic mass is 9.67. The Kier molecular flexibility index (Phi) is 7.93. The Hall–Kier alpha value is -1.57. The average molecular weight is 467 g/mol. The lowest BCUT2D eigenvalue weighted by Crippen LogP contribution is -2.46. The molecule has 1 aromatic carbocycles. The molecule has 6 heteroatoms. The predicted molar refractivity (Wildman–Crippen MR) is 118 cm³/mol. The molecule has 1 aliphatic carbocycles. The quantitative estimate of drug-likeness (QED) is 0.370. The van der Waals surface area contributed by atoms with E-state index >= 15 is 0 Å². The third-order valence-corrected chi connectivity index (χ3v) is 5.37. The van der Waals surface area contributed by atoms with Gasteiger partial charge in [0.2, 0.25) is 0 Å². The van der Waals surface area contributed by atoms with E-state index in [1.54, 1.807) is 0 Å². The van der Waals surface area contributed by atoms with Crippen LogP contribution in [-0.4, -0.2) is 29.3 Å². The van der Waals surface area contributed by atoms with Crippen LogP contribution in [0.4, 0.5) is 0 Å². The summed E-state index contributed by atoms with van der Waals surface area (Å²) in [5.41, 5.74) is 2.99. The molecule has 1 aliphatic rings. The standard InChI is InChI=1S/C20H29N5.HI/c1-3-20(9-5-10-20)16-23-19(21-2)22-14-17-7-4-8-18(13-17)15-25-12-6-11-24-25;/h4,6-8,11-13H,3,5,9-10,14-16H2,1-2H3,(H2,21,22,23);1H. The van der Waals surface area contributed by atoms with E-state index in [0.29, 0.717) is 5.41 Å². The van der Waals surface area contributed by atoms with Crippen LogP contribution >= 0.6 is 24.0 Å². The molecule has 0 bridgehead atoms. The normalized spacial score (nSPS) is 15.7. The number of hydrogen-bond donors (Lipinski definition) is 2. The second kappa shape index (κ2) is 9.94. The maximum Gasteiger partial charge on any atom is 0.191 e. The SMILES string of the molecule is CCC1(CNC(=NC)NCc2cccc(Cn3cccn3)c2)CCC1.I. The smallest absolute Gasteiger partial charge is 0.191 e. The minimum Gasteiger partial charge on any atom is -0.356 e. The first kappa shape index (κ1) is 20.7. The minimum absolute atomic E-state index is 0. The van der Waals surface area contributed by atoms with Gasteiger partial charge in [-0.2, -0.15) is 5.10 Å². The third kappa shape index (κ3) is 5.46. The number of nitrogens with one attached hydrogen (secondary N) is 2. The second-order valence-corrected chi connectivity index (χ2v) is 7.01. The molecule has 1 saturated carbocycles. The Morgan fingerprint density at radius 1 is 1.23 bits per heavy atom. The van der Waals surface area contributed by atoms with Gasteiger partial charge in [0.1, 0.15) is 0 Å². The molecule has 0 aliphatic heterocycles. The van der Waals surface area contributed by atoms with Crippen molar-refractivity contribution in [1.29, 1.82) is 0 Å². The fourth-order valence-electron chi connectivity index (χ4n) is 3.43. The third-order valence-electron chi connectivity index (χ3n) is 5.37. The molecule has 142 valence electrons. The number of aliphatic imine (C=N–C) groups is 1. The van der Waals surface area contributed by atoms with Crippen LogP contribution in [0.2, 0.25) is 0 Å². The number of hydrogen-bond acceptors (Lipinski definition) is 2. The lowest BCUT2D eigenvalue weighted by molar-refractivity contribution is 0.131. The Bertz CT molecular complexity index is 686. The molecule has 2 aromatic rings. The van der Waals surface area contributed by atoms with Gasteiger partial charge in [-0.3, -0.25) is 9.67 Å². The summed E-state index contributed by atoms with van der Waals surface area (Å²) in [5.74, 6) is 0.886. The summed E-state index contributed by atoms with van der Waals surface area (Å²) in [5, 5.41) is 11.2. The van der Waals surface area contributed by atoms with E-state index in [-0.39, 0.29) is 24.0 Å². The maximum absolute atomic E-state index is 4.36. The van der Waals surface area contributed by atoms with E-state index in [1.807, 2.05) is 30.2 Å². The van der Waals surface area contributed by atoms with E-state index in [0.717, 1.165) is 25.6 Å². The van der Waals surface area contributed by atoms with Crippen molar-refractivity contribution >= 4 is 29.9 Å². The van der Waals surface area contributed by atoms with Gasteiger partial charge in [-0.05, 0) is 41.9 Å². The summed E-state index contributed by atoms with van der Waals surface area (Å²) in [7, 11) is 1.84. The Morgan fingerprint density at radius 2 is 2.04 bits per heavy atom. The molecule has 0 spiro atoms. The second-order valence-electron chi connectivity index (χ2n) is 7.01. The molecule has 1 heterocycles. The highest BCUT2D eigenvalue weighted by Gasteiger charge is 2.34. The van der Waals surface area contributed by atoms with Crippen molar-refractivity contribution in [2.45, 2.75) is 45.7 Å². The Morgan fingerprint density at radius 3 is 2.65 bits per heavy atom. The summed E-state index contributed by atoms with van der Waals surface area (Å²) in [4.78, 5) is 4.36. The van der Waals surface area contributed by atoms with Crippen LogP contribution in [0.25, 0.3) is 0 Å². The van der Waals surface area contributed by atoms with Crippen molar-refractivity contribution in [1.82, 2.24) is 20.4 Å². The largest absolute Gasteiger partial charge is 0.356 e. The van der Waals surface area contributed by atoms with Gasteiger partial charge in [-0.1, -0.05) is 37.6 Å². The maximum atomic E-state index is 4.36. The molecule has 0 radical (unpaired) electrons. The number of guanidine groups is 1. The molecule has 1 fully saturated rings. The summed E-state index contributed by atoms with van der Waals surface area (Å²) < 4.78 is 1.94. The van der Waals surface area contributed by atoms with Crippen LogP contribution in [0.15, 0.2) is 47.7 Å². The van der Waals surface area contributed by atoms with E-state index in [4.69, 9.17) is 0 Å². The molecule has 1 aromatic heterocycles. The first-order chi connectivity index (χ1) is 12.2. The first-order valence-corrected chi connectivity index (χ1v) is 9.23. The van der Waals surface area contributed by atoms with Crippen molar-refractivity contribution in [3.05, 3.63) is 53.9 Å². The van der Waals surface area contributed by atoms with Gasteiger partial charge in [0, 0.05) is 32.5 Å². The number of nitrogens with zero attached hydrogens (tertiary/aromatic N) is 3. The molecule has 5 nitrogen and oxygen atoms in total. The van der Waals surface area contributed by atoms with Crippen LogP contribution < -0.4 is 10.6 Å². The van der Waals surface area contributed by atoms with Crippen molar-refractivity contribution < 1.29 is 0 Å². The summed E-state index contributed by atoms with van der Waals surface area (Å²) in [6, 6.07) is 10.6. The van der Waals surface area contributed by atoms with Crippen molar-refractivity contribution in [2.24, 2.45) is 10.4 Å². The lowest BCUT2D eigenvalue weighted by Gasteiger charge is -2.41. The van der Waals surface area contributed by atoms with Crippen LogP contribution in [0.3, 0.4) is 0 Å². The Balaban J connectivity index is 0.00000243. The zero-order valence-electron chi connectivity index (χ0n) is 15.7. The fourth-order valence-corrected chi connectivity index (χ4v) is 3.43. The minimum atomic E-state index is 0. The van der Waals surface area contributed by atoms with E-state index in [1.165, 1.54) is 36.8 Å². The van der Waals surface area contributed by atoms with Crippen LogP contribution in [0.1, 0.15) is 43.7 Å². The molecule has 0 atom stereocenters. The van der Waals surface area contributed by atoms with Gasteiger partial charge < -0.3 is 10.6 Å². The van der Waals surface area contributed by atoms with Gasteiger partial charge >= 0.3 is 0 Å². The van der Waals surface area contributed by atoms with Gasteiger partial charge in [0.05, 0.1) is 6.54 Å². The van der Waals surface area contributed by atoms with E-state index < -0.39 is 0 Å². The molecular weight excluding hydrogens is 437 g/mol. The van der Waals surface area contributed by atoms with Crippen LogP contribution in [0, 0.1) is 5.41 Å². The number of halogens is 1. The van der Waals surface area contributed by atoms with Gasteiger partial charge in [-0.15, -0.1) is 24.0 Å². The van der Waals surface area contributed by atoms with Crippen molar-refractivity contribution in [2.75, 3.05) is 13.6 Å². The fraction of sp³-hybridized carbons (Fsp3) is 0.500. The number of benzene rings is 1. The monoisotopic (exact) mass is 467 g/mol. The van der Waals surface area contributed by atoms with Crippen LogP contribution in [-0.2, 0) is 13.1 Å². The molecule has 2 N–H and O–H groups in total. The molecule has 0 amide bonds. The predicted octanol–water partition coefficient (Wildman–Crippen LogP) is 3.79. The highest BCUT2D eigenvalue weighted by molar-refractivity contribution is 14.0. The molecule has 0 unspecified atom stereocenters.